The van der Waals surface area contributed by atoms with Crippen molar-refractivity contribution in [3.05, 3.63) is 76.6 Å². The Balaban J connectivity index is 1.39. The van der Waals surface area contributed by atoms with Gasteiger partial charge in [-0.3, -0.25) is 14.5 Å². The molecule has 4 rings (SSSR count). The number of rotatable bonds is 8. The highest BCUT2D eigenvalue weighted by Gasteiger charge is 2.29. The van der Waals surface area contributed by atoms with E-state index in [1.165, 1.54) is 49.8 Å². The number of amides is 1. The Morgan fingerprint density at radius 1 is 1.22 bits per heavy atom. The molecule has 1 saturated heterocycles. The van der Waals surface area contributed by atoms with E-state index in [1.807, 2.05) is 4.90 Å². The molecule has 0 bridgehead atoms. The highest BCUT2D eigenvalue weighted by atomic mass is 32.2. The van der Waals surface area contributed by atoms with Crippen LogP contribution in [0.2, 0.25) is 0 Å². The summed E-state index contributed by atoms with van der Waals surface area (Å²) in [4.78, 5) is 33.4. The second kappa shape index (κ2) is 11.2. The fourth-order valence-electron chi connectivity index (χ4n) is 4.20. The minimum atomic E-state index is -3.89. The number of halogens is 1. The number of hydrogen-bond donors (Lipinski definition) is 3. The van der Waals surface area contributed by atoms with Gasteiger partial charge in [0, 0.05) is 12.7 Å². The van der Waals surface area contributed by atoms with E-state index in [1.54, 1.807) is 19.1 Å². The van der Waals surface area contributed by atoms with E-state index < -0.39 is 21.6 Å². The summed E-state index contributed by atoms with van der Waals surface area (Å²) in [6, 6.07) is 9.81. The molecule has 37 heavy (non-hydrogen) atoms. The van der Waals surface area contributed by atoms with Crippen molar-refractivity contribution in [3.63, 3.8) is 0 Å². The summed E-state index contributed by atoms with van der Waals surface area (Å²) in [7, 11) is -2.64. The highest BCUT2D eigenvalue weighted by Crippen LogP contribution is 2.28. The summed E-state index contributed by atoms with van der Waals surface area (Å²) in [5.74, 6) is 0.624. The van der Waals surface area contributed by atoms with E-state index in [4.69, 9.17) is 4.74 Å². The third-order valence-corrected chi connectivity index (χ3v) is 7.76. The Kier molecular flexibility index (Phi) is 8.00. The number of aromatic nitrogens is 2. The summed E-state index contributed by atoms with van der Waals surface area (Å²) in [5, 5.41) is 2.80. The largest absolute Gasteiger partial charge is 0.456 e. The summed E-state index contributed by atoms with van der Waals surface area (Å²) in [5.41, 5.74) is 0.0178. The molecule has 3 N–H and O–H groups in total. The monoisotopic (exact) mass is 529 g/mol. The van der Waals surface area contributed by atoms with Crippen LogP contribution in [0.15, 0.2) is 64.5 Å². The van der Waals surface area contributed by atoms with Crippen molar-refractivity contribution in [2.75, 3.05) is 25.5 Å². The van der Waals surface area contributed by atoms with Crippen molar-refractivity contribution in [2.24, 2.45) is 0 Å². The van der Waals surface area contributed by atoms with Crippen LogP contribution in [0.4, 0.5) is 10.2 Å². The number of hydrogen-bond acceptors (Lipinski definition) is 7. The molecule has 2 atom stereocenters. The van der Waals surface area contributed by atoms with Crippen LogP contribution < -0.4 is 20.3 Å². The summed E-state index contributed by atoms with van der Waals surface area (Å²) in [6.45, 7) is 3.03. The third kappa shape index (κ3) is 6.40. The lowest BCUT2D eigenvalue weighted by Crippen LogP contribution is -2.46. The second-order valence-corrected chi connectivity index (χ2v) is 10.6. The van der Waals surface area contributed by atoms with Gasteiger partial charge in [-0.1, -0.05) is 0 Å². The number of nitrogens with zero attached hydrogens (tertiary/aromatic N) is 2. The van der Waals surface area contributed by atoms with Gasteiger partial charge >= 0.3 is 0 Å². The van der Waals surface area contributed by atoms with Crippen molar-refractivity contribution >= 4 is 21.7 Å². The molecular weight excluding hydrogens is 501 g/mol. The van der Waals surface area contributed by atoms with E-state index in [2.05, 4.69) is 20.0 Å². The Hall–Kier alpha value is -3.61. The molecule has 1 amide bonds. The minimum absolute atomic E-state index is 0.0484. The number of ether oxygens (including phenoxy) is 1. The van der Waals surface area contributed by atoms with Crippen LogP contribution in [-0.2, 0) is 14.8 Å². The van der Waals surface area contributed by atoms with Gasteiger partial charge in [-0.05, 0) is 87.3 Å². The number of carbonyl (C=O) groups excluding carboxylic acids is 1. The van der Waals surface area contributed by atoms with Gasteiger partial charge in [0.1, 0.15) is 28.0 Å². The van der Waals surface area contributed by atoms with Crippen LogP contribution >= 0.6 is 0 Å². The molecule has 1 aromatic carbocycles. The SMILES string of the molecule is CNS(=O)(=O)c1cc([C@@H]2CCCN(C(C)C(=O)Nc3ccc(Oc4ccc(F)cc4)cn3)C2)c[nH]c1=O. The maximum absolute atomic E-state index is 13.0. The number of H-pyrrole nitrogens is 1. The lowest BCUT2D eigenvalue weighted by Gasteiger charge is -2.36. The molecule has 2 aromatic heterocycles. The molecule has 0 saturated carbocycles. The topological polar surface area (TPSA) is 133 Å². The van der Waals surface area contributed by atoms with Crippen LogP contribution in [-0.4, -0.2) is 55.4 Å². The maximum atomic E-state index is 13.0. The third-order valence-electron chi connectivity index (χ3n) is 6.34. The van der Waals surface area contributed by atoms with Crippen LogP contribution in [0.3, 0.4) is 0 Å². The van der Waals surface area contributed by atoms with Gasteiger partial charge < -0.3 is 15.0 Å². The smallest absolute Gasteiger partial charge is 0.268 e. The van der Waals surface area contributed by atoms with E-state index in [9.17, 15) is 22.4 Å². The lowest BCUT2D eigenvalue weighted by molar-refractivity contribution is -0.121. The van der Waals surface area contributed by atoms with Crippen molar-refractivity contribution in [2.45, 2.75) is 36.6 Å². The Morgan fingerprint density at radius 3 is 2.62 bits per heavy atom. The van der Waals surface area contributed by atoms with Crippen molar-refractivity contribution in [1.29, 1.82) is 0 Å². The Bertz CT molecular complexity index is 1410. The molecule has 12 heteroatoms. The number of pyridine rings is 2. The standard InChI is InChI=1S/C25H28FN5O5S/c1-16(24(32)30-23-10-9-21(14-28-23)36-20-7-5-19(26)6-8-20)31-11-3-4-17(15-31)18-12-22(25(33)29-13-18)37(34,35)27-2/h5-10,12-14,16-17,27H,3-4,11,15H2,1-2H3,(H,29,33)(H,28,30,32)/t16?,17-/m1/s1. The van der Waals surface area contributed by atoms with Crippen molar-refractivity contribution < 1.29 is 22.3 Å². The first kappa shape index (κ1) is 26.5. The fraction of sp³-hybridized carbons (Fsp3) is 0.320. The maximum Gasteiger partial charge on any atom is 0.268 e. The van der Waals surface area contributed by atoms with Crippen molar-refractivity contribution in [3.8, 4) is 11.5 Å². The predicted octanol–water partition coefficient (Wildman–Crippen LogP) is 2.82. The molecule has 0 radical (unpaired) electrons. The van der Waals surface area contributed by atoms with Gasteiger partial charge in [0.15, 0.2) is 0 Å². The number of sulfonamides is 1. The van der Waals surface area contributed by atoms with E-state index in [0.29, 0.717) is 36.0 Å². The van der Waals surface area contributed by atoms with Gasteiger partial charge in [0.2, 0.25) is 15.9 Å². The molecule has 1 unspecified atom stereocenters. The van der Waals surface area contributed by atoms with Crippen LogP contribution in [0.5, 0.6) is 11.5 Å². The number of carbonyl (C=O) groups is 1. The first-order valence-corrected chi connectivity index (χ1v) is 13.2. The molecule has 3 aromatic rings. The molecule has 0 spiro atoms. The second-order valence-electron chi connectivity index (χ2n) is 8.77. The van der Waals surface area contributed by atoms with Crippen LogP contribution in [0.25, 0.3) is 0 Å². The average molecular weight is 530 g/mol. The van der Waals surface area contributed by atoms with E-state index in [-0.39, 0.29) is 22.5 Å². The van der Waals surface area contributed by atoms with E-state index in [0.717, 1.165) is 12.8 Å². The molecule has 1 aliphatic heterocycles. The molecule has 1 aliphatic rings. The first-order chi connectivity index (χ1) is 17.7. The van der Waals surface area contributed by atoms with Gasteiger partial charge in [0.05, 0.1) is 12.2 Å². The zero-order valence-electron chi connectivity index (χ0n) is 20.4. The number of benzene rings is 1. The van der Waals surface area contributed by atoms with Gasteiger partial charge in [-0.2, -0.15) is 0 Å². The number of likely N-dealkylation sites (tertiary alicyclic amines) is 1. The number of anilines is 1. The van der Waals surface area contributed by atoms with Crippen molar-refractivity contribution in [1.82, 2.24) is 19.6 Å². The number of aromatic amines is 1. The highest BCUT2D eigenvalue weighted by molar-refractivity contribution is 7.89. The predicted molar refractivity (Wildman–Crippen MR) is 136 cm³/mol. The molecule has 1 fully saturated rings. The first-order valence-electron chi connectivity index (χ1n) is 11.8. The average Bonchev–Trinajstić information content (AvgIpc) is 2.91. The van der Waals surface area contributed by atoms with Gasteiger partial charge in [-0.25, -0.2) is 22.5 Å². The lowest BCUT2D eigenvalue weighted by atomic mass is 9.91. The van der Waals surface area contributed by atoms with Crippen LogP contribution in [0.1, 0.15) is 31.2 Å². The van der Waals surface area contributed by atoms with Crippen LogP contribution in [0, 0.1) is 5.82 Å². The molecule has 0 aliphatic carbocycles. The summed E-state index contributed by atoms with van der Waals surface area (Å²) < 4.78 is 45.2. The van der Waals surface area contributed by atoms with Gasteiger partial charge in [0.25, 0.3) is 5.56 Å². The molecule has 196 valence electrons. The number of nitrogens with one attached hydrogen (secondary N) is 3. The molecule has 10 nitrogen and oxygen atoms in total. The normalized spacial score (nSPS) is 17.2. The quantitative estimate of drug-likeness (QED) is 0.409. The Labute approximate surface area is 213 Å². The summed E-state index contributed by atoms with van der Waals surface area (Å²) >= 11 is 0. The Morgan fingerprint density at radius 2 is 1.95 bits per heavy atom. The summed E-state index contributed by atoms with van der Waals surface area (Å²) in [6.07, 6.45) is 4.61. The van der Waals surface area contributed by atoms with Gasteiger partial charge in [-0.15, -0.1) is 0 Å². The zero-order chi connectivity index (χ0) is 26.6. The molecule has 3 heterocycles. The number of piperidine rings is 1. The minimum Gasteiger partial charge on any atom is -0.456 e. The van der Waals surface area contributed by atoms with E-state index >= 15 is 0 Å². The fourth-order valence-corrected chi connectivity index (χ4v) is 5.02. The molecular formula is C25H28FN5O5S. The zero-order valence-corrected chi connectivity index (χ0v) is 21.2.